The van der Waals surface area contributed by atoms with Gasteiger partial charge < -0.3 is 30.4 Å². The van der Waals surface area contributed by atoms with Crippen LogP contribution < -0.4 is 5.73 Å². The largest absolute Gasteiger partial charge is 0.466 e. The van der Waals surface area contributed by atoms with E-state index in [2.05, 4.69) is 0 Å². The Bertz CT molecular complexity index is 1900. The molecule has 4 aromatic carbocycles. The highest BCUT2D eigenvalue weighted by molar-refractivity contribution is 6.48. The molecular formula is C44H54BCl2F2NO7. The van der Waals surface area contributed by atoms with Gasteiger partial charge in [0, 0.05) is 27.2 Å². The smallest absolute Gasteiger partial charge is 0.314 e. The molecule has 4 atom stereocenters. The van der Waals surface area contributed by atoms with E-state index in [9.17, 15) is 33.6 Å². The molecule has 8 nitrogen and oxygen atoms in total. The van der Waals surface area contributed by atoms with Crippen molar-refractivity contribution in [3.8, 4) is 22.3 Å². The molecule has 0 amide bonds. The summed E-state index contributed by atoms with van der Waals surface area (Å²) in [6.45, 7) is 7.80. The second-order valence-electron chi connectivity index (χ2n) is 15.0. The van der Waals surface area contributed by atoms with Crippen molar-refractivity contribution >= 4 is 42.1 Å². The lowest BCUT2D eigenvalue weighted by Gasteiger charge is -2.30. The molecule has 4 aromatic rings. The van der Waals surface area contributed by atoms with Crippen molar-refractivity contribution in [1.29, 1.82) is 0 Å². The van der Waals surface area contributed by atoms with Gasteiger partial charge in [-0.1, -0.05) is 78.6 Å². The van der Waals surface area contributed by atoms with E-state index in [1.165, 1.54) is 24.3 Å². The zero-order valence-electron chi connectivity index (χ0n) is 33.2. The summed E-state index contributed by atoms with van der Waals surface area (Å²) in [5.41, 5.74) is 8.41. The van der Waals surface area contributed by atoms with Crippen molar-refractivity contribution in [1.82, 2.24) is 0 Å². The first kappa shape index (κ1) is 47.5. The van der Waals surface area contributed by atoms with Gasteiger partial charge in [-0.15, -0.1) is 0 Å². The van der Waals surface area contributed by atoms with Crippen molar-refractivity contribution in [3.63, 3.8) is 0 Å². The third-order valence-corrected chi connectivity index (χ3v) is 10.2. The number of hydrogen-bond donors (Lipinski definition) is 4. The Morgan fingerprint density at radius 3 is 1.51 bits per heavy atom. The summed E-state index contributed by atoms with van der Waals surface area (Å²) in [7, 11) is 0. The molecule has 0 bridgehead atoms. The van der Waals surface area contributed by atoms with E-state index in [0.29, 0.717) is 53.2 Å². The lowest BCUT2D eigenvalue weighted by molar-refractivity contribution is -0.158. The number of carbonyl (C=O) groups is 2. The fourth-order valence-electron chi connectivity index (χ4n) is 6.76. The maximum Gasteiger partial charge on any atom is 0.314 e. The molecule has 0 spiro atoms. The number of aliphatic hydroxyl groups excluding tert-OH is 2. The van der Waals surface area contributed by atoms with E-state index in [0.717, 1.165) is 22.3 Å². The fraction of sp³-hybridized carbons (Fsp3) is 0.409. The van der Waals surface area contributed by atoms with Crippen LogP contribution in [0.15, 0.2) is 84.9 Å². The zero-order valence-corrected chi connectivity index (χ0v) is 34.8. The Balaban J connectivity index is 0.000000307. The number of nitrogens with two attached hydrogens (primary N) is 1. The van der Waals surface area contributed by atoms with Crippen molar-refractivity contribution < 1.29 is 43.1 Å². The summed E-state index contributed by atoms with van der Waals surface area (Å²) < 4.78 is 38.3. The van der Waals surface area contributed by atoms with E-state index < -0.39 is 29.7 Å². The van der Waals surface area contributed by atoms with Crippen LogP contribution in [0.5, 0.6) is 0 Å². The first-order chi connectivity index (χ1) is 27.0. The molecule has 0 saturated heterocycles. The lowest BCUT2D eigenvalue weighted by Crippen LogP contribution is -2.40. The first-order valence-electron chi connectivity index (χ1n) is 19.1. The van der Waals surface area contributed by atoms with Crippen LogP contribution in [0.3, 0.4) is 0 Å². The molecule has 0 unspecified atom stereocenters. The van der Waals surface area contributed by atoms with Gasteiger partial charge in [0.2, 0.25) is 0 Å². The van der Waals surface area contributed by atoms with Crippen LogP contribution in [0.2, 0.25) is 23.2 Å². The van der Waals surface area contributed by atoms with Gasteiger partial charge in [-0.25, -0.2) is 8.78 Å². The third-order valence-electron chi connectivity index (χ3n) is 9.77. The third kappa shape index (κ3) is 14.2. The van der Waals surface area contributed by atoms with Crippen LogP contribution in [0.1, 0.15) is 51.7 Å². The summed E-state index contributed by atoms with van der Waals surface area (Å²) in [4.78, 5) is 24.4. The normalized spacial score (nSPS) is 14.3. The Morgan fingerprint density at radius 2 is 1.12 bits per heavy atom. The predicted octanol–water partition coefficient (Wildman–Crippen LogP) is 8.84. The highest BCUT2D eigenvalue weighted by Gasteiger charge is 2.38. The first-order valence-corrected chi connectivity index (χ1v) is 19.8. The number of hydrogen-bond acceptors (Lipinski definition) is 8. The highest BCUT2D eigenvalue weighted by Crippen LogP contribution is 2.34. The van der Waals surface area contributed by atoms with E-state index >= 15 is 0 Å². The lowest BCUT2D eigenvalue weighted by atomic mass is 9.60. The molecule has 4 rings (SSSR count). The molecule has 0 aliphatic rings. The number of halogens is 4. The van der Waals surface area contributed by atoms with Crippen molar-refractivity contribution in [3.05, 3.63) is 118 Å². The number of carbonyl (C=O) groups excluding carboxylic acids is 2. The number of benzene rings is 4. The summed E-state index contributed by atoms with van der Waals surface area (Å²) in [6.07, 6.45) is 2.30. The number of ether oxygens (including phenoxy) is 2. The fourth-order valence-corrected chi connectivity index (χ4v) is 7.10. The maximum absolute atomic E-state index is 14.1. The summed E-state index contributed by atoms with van der Waals surface area (Å²) in [6, 6.07) is 23.4. The van der Waals surface area contributed by atoms with Gasteiger partial charge in [0.25, 0.3) is 6.92 Å². The summed E-state index contributed by atoms with van der Waals surface area (Å²) >= 11 is 11.9. The monoisotopic (exact) mass is 827 g/mol. The number of aliphatic hydroxyl groups is 2. The molecule has 0 radical (unpaired) electrons. The molecule has 5 N–H and O–H groups in total. The van der Waals surface area contributed by atoms with Gasteiger partial charge in [-0.2, -0.15) is 0 Å². The Hall–Kier alpha value is -3.84. The maximum atomic E-state index is 14.1. The molecule has 0 saturated carbocycles. The Kier molecular flexibility index (Phi) is 18.6. The van der Waals surface area contributed by atoms with Crippen molar-refractivity contribution in [2.75, 3.05) is 26.4 Å². The minimum atomic E-state index is -1.03. The van der Waals surface area contributed by atoms with Crippen LogP contribution in [-0.2, 0) is 31.9 Å². The molecular weight excluding hydrogens is 774 g/mol. The molecule has 0 aliphatic heterocycles. The van der Waals surface area contributed by atoms with Crippen LogP contribution in [0.25, 0.3) is 22.3 Å². The van der Waals surface area contributed by atoms with Crippen LogP contribution in [-0.4, -0.2) is 66.6 Å². The van der Waals surface area contributed by atoms with Gasteiger partial charge in [-0.3, -0.25) is 9.59 Å². The Morgan fingerprint density at radius 1 is 0.719 bits per heavy atom. The highest BCUT2D eigenvalue weighted by atomic mass is 35.5. The average Bonchev–Trinajstić information content (AvgIpc) is 3.17. The number of esters is 2. The van der Waals surface area contributed by atoms with Gasteiger partial charge >= 0.3 is 11.9 Å². The van der Waals surface area contributed by atoms with E-state index in [1.54, 1.807) is 46.7 Å². The standard InChI is InChI=1S/C23H29BClFO4.C21H25ClFNO3/c1-4-30-22(28)23(2,15-27)13-17(14-24(3)29)11-16-5-7-18(8-6-16)20-12-19(25)9-10-21(20)26;1-3-27-20(26)21(2,13-25)12-17(24)10-14-4-6-15(7-5-14)18-11-16(22)8-9-19(18)23/h5-10,12,17,27,29H,4,11,13-15H2,1-3H3;4-9,11,17,25H,3,10,12-13,24H2,1-2H3/t17-,23+;17-,21+/m11/s1. The number of rotatable bonds is 18. The van der Waals surface area contributed by atoms with Crippen LogP contribution >= 0.6 is 23.2 Å². The van der Waals surface area contributed by atoms with E-state index in [1.807, 2.05) is 48.5 Å². The van der Waals surface area contributed by atoms with Crippen LogP contribution in [0.4, 0.5) is 8.78 Å². The molecule has 0 heterocycles. The van der Waals surface area contributed by atoms with E-state index in [-0.39, 0.29) is 50.0 Å². The van der Waals surface area contributed by atoms with Gasteiger partial charge in [0.15, 0.2) is 0 Å². The second kappa shape index (κ2) is 22.4. The Labute approximate surface area is 345 Å². The van der Waals surface area contributed by atoms with Crippen molar-refractivity contribution in [2.45, 2.75) is 72.6 Å². The SMILES string of the molecule is CCOC(=O)[C@](C)(CO)C[C@H](CB(C)O)Cc1ccc(-c2cc(Cl)ccc2F)cc1.CCOC(=O)[C@](C)(CO)C[C@H](N)Cc1ccc(-c2cc(Cl)ccc2F)cc1. The van der Waals surface area contributed by atoms with Gasteiger partial charge in [0.1, 0.15) is 11.6 Å². The van der Waals surface area contributed by atoms with Crippen LogP contribution in [0, 0.1) is 28.4 Å². The minimum Gasteiger partial charge on any atom is -0.466 e. The molecule has 0 fully saturated rings. The van der Waals surface area contributed by atoms with E-state index in [4.69, 9.17) is 38.4 Å². The predicted molar refractivity (Wildman–Crippen MR) is 224 cm³/mol. The molecule has 0 aliphatic carbocycles. The topological polar surface area (TPSA) is 139 Å². The quantitative estimate of drug-likeness (QED) is 0.0577. The average molecular weight is 829 g/mol. The molecule has 308 valence electrons. The summed E-state index contributed by atoms with van der Waals surface area (Å²) in [5.74, 6) is -1.60. The molecule has 57 heavy (non-hydrogen) atoms. The molecule has 0 aromatic heterocycles. The summed E-state index contributed by atoms with van der Waals surface area (Å²) in [5, 5.41) is 30.3. The van der Waals surface area contributed by atoms with Crippen molar-refractivity contribution in [2.24, 2.45) is 22.5 Å². The minimum absolute atomic E-state index is 0.0414. The molecule has 13 heteroatoms. The second-order valence-corrected chi connectivity index (χ2v) is 15.9. The zero-order chi connectivity index (χ0) is 42.3. The van der Waals surface area contributed by atoms with Gasteiger partial charge in [0.05, 0.1) is 37.3 Å². The van der Waals surface area contributed by atoms with Gasteiger partial charge in [-0.05, 0) is 124 Å².